The molecule has 0 fully saturated rings. The molecule has 3 rings (SSSR count). The number of hydrogen-bond donors (Lipinski definition) is 3. The Morgan fingerprint density at radius 1 is 1.33 bits per heavy atom. The van der Waals surface area contributed by atoms with Crippen molar-refractivity contribution in [3.63, 3.8) is 0 Å². The maximum Gasteiger partial charge on any atom is 0.248 e. The molecule has 4 heteroatoms. The lowest BCUT2D eigenvalue weighted by Crippen LogP contribution is -2.12. The van der Waals surface area contributed by atoms with E-state index in [4.69, 9.17) is 11.5 Å². The molecule has 1 aromatic carbocycles. The Morgan fingerprint density at radius 2 is 2.17 bits per heavy atom. The predicted octanol–water partition coefficient (Wildman–Crippen LogP) is 1.73. The molecule has 1 aromatic heterocycles. The molecule has 1 heterocycles. The Balaban J connectivity index is 2.31. The van der Waals surface area contributed by atoms with Crippen LogP contribution in [-0.4, -0.2) is 10.9 Å². The van der Waals surface area contributed by atoms with Crippen molar-refractivity contribution in [2.45, 2.75) is 6.42 Å². The third-order valence-electron chi connectivity index (χ3n) is 3.20. The molecule has 1 aliphatic carbocycles. The smallest absolute Gasteiger partial charge is 0.248 e. The highest BCUT2D eigenvalue weighted by Crippen LogP contribution is 2.31. The molecule has 4 nitrogen and oxygen atoms in total. The molecule has 18 heavy (non-hydrogen) atoms. The van der Waals surface area contributed by atoms with E-state index in [1.807, 2.05) is 24.3 Å². The van der Waals surface area contributed by atoms with Crippen LogP contribution in [0.4, 0.5) is 5.69 Å². The Labute approximate surface area is 104 Å². The lowest BCUT2D eigenvalue weighted by Gasteiger charge is -1.99. The van der Waals surface area contributed by atoms with E-state index < -0.39 is 5.91 Å². The molecule has 0 saturated heterocycles. The molecule has 2 aromatic rings. The summed E-state index contributed by atoms with van der Waals surface area (Å²) < 4.78 is 0. The summed E-state index contributed by atoms with van der Waals surface area (Å²) in [6, 6.07) is 5.76. The van der Waals surface area contributed by atoms with E-state index in [0.717, 1.165) is 34.3 Å². The number of H-pyrrole nitrogens is 1. The lowest BCUT2D eigenvalue weighted by molar-refractivity contribution is -0.114. The molecular weight excluding hydrogens is 226 g/mol. The van der Waals surface area contributed by atoms with Gasteiger partial charge in [0.1, 0.15) is 0 Å². The van der Waals surface area contributed by atoms with Crippen LogP contribution in [0.3, 0.4) is 0 Å². The molecule has 0 atom stereocenters. The monoisotopic (exact) mass is 239 g/mol. The van der Waals surface area contributed by atoms with Crippen LogP contribution < -0.4 is 11.5 Å². The van der Waals surface area contributed by atoms with E-state index in [-0.39, 0.29) is 0 Å². The average molecular weight is 239 g/mol. The normalized spacial score (nSPS) is 14.1. The number of aromatic nitrogens is 1. The van der Waals surface area contributed by atoms with Crippen molar-refractivity contribution in [1.29, 1.82) is 0 Å². The number of carbonyl (C=O) groups excluding carboxylic acids is 1. The topological polar surface area (TPSA) is 84.9 Å². The van der Waals surface area contributed by atoms with Crippen LogP contribution in [0.5, 0.6) is 0 Å². The number of amides is 1. The fourth-order valence-electron chi connectivity index (χ4n) is 2.36. The highest BCUT2D eigenvalue weighted by atomic mass is 16.1. The minimum absolute atomic E-state index is 0.425. The summed E-state index contributed by atoms with van der Waals surface area (Å²) in [5, 5.41) is 1.03. The SMILES string of the molecule is NC(=O)C1=Cc2[nH]c3cccc(N)c3c2CC=C1. The first kappa shape index (κ1) is 10.7. The quantitative estimate of drug-likeness (QED) is 0.662. The number of benzene rings is 1. The van der Waals surface area contributed by atoms with Crippen LogP contribution in [0.25, 0.3) is 17.0 Å². The van der Waals surface area contributed by atoms with Gasteiger partial charge < -0.3 is 16.5 Å². The van der Waals surface area contributed by atoms with Crippen molar-refractivity contribution in [3.05, 3.63) is 47.2 Å². The minimum Gasteiger partial charge on any atom is -0.398 e. The molecule has 90 valence electrons. The van der Waals surface area contributed by atoms with E-state index in [1.54, 1.807) is 12.2 Å². The Hall–Kier alpha value is -2.49. The Kier molecular flexibility index (Phi) is 2.23. The van der Waals surface area contributed by atoms with Crippen LogP contribution in [-0.2, 0) is 11.2 Å². The second-order valence-corrected chi connectivity index (χ2v) is 4.36. The number of rotatable bonds is 1. The second kappa shape index (κ2) is 3.77. The highest BCUT2D eigenvalue weighted by Gasteiger charge is 2.14. The zero-order valence-corrected chi connectivity index (χ0v) is 9.73. The van der Waals surface area contributed by atoms with Gasteiger partial charge in [0.2, 0.25) is 5.91 Å². The number of aromatic amines is 1. The van der Waals surface area contributed by atoms with Crippen molar-refractivity contribution >= 4 is 28.6 Å². The van der Waals surface area contributed by atoms with E-state index in [9.17, 15) is 4.79 Å². The fraction of sp³-hybridized carbons (Fsp3) is 0.0714. The van der Waals surface area contributed by atoms with E-state index >= 15 is 0 Å². The number of nitrogens with one attached hydrogen (secondary N) is 1. The van der Waals surface area contributed by atoms with Gasteiger partial charge in [-0.2, -0.15) is 0 Å². The summed E-state index contributed by atoms with van der Waals surface area (Å²) in [7, 11) is 0. The van der Waals surface area contributed by atoms with Gasteiger partial charge in [-0.3, -0.25) is 4.79 Å². The van der Waals surface area contributed by atoms with Gasteiger partial charge in [-0.05, 0) is 30.2 Å². The van der Waals surface area contributed by atoms with Gasteiger partial charge in [-0.15, -0.1) is 0 Å². The van der Waals surface area contributed by atoms with Crippen molar-refractivity contribution in [1.82, 2.24) is 4.98 Å². The number of nitrogen functional groups attached to an aromatic ring is 1. The van der Waals surface area contributed by atoms with Crippen molar-refractivity contribution in [2.24, 2.45) is 5.73 Å². The van der Waals surface area contributed by atoms with Crippen LogP contribution in [0.1, 0.15) is 11.3 Å². The van der Waals surface area contributed by atoms with E-state index in [2.05, 4.69) is 4.98 Å². The van der Waals surface area contributed by atoms with Crippen molar-refractivity contribution in [3.8, 4) is 0 Å². The number of primary amides is 1. The van der Waals surface area contributed by atoms with Crippen molar-refractivity contribution in [2.75, 3.05) is 5.73 Å². The van der Waals surface area contributed by atoms with Crippen LogP contribution in [0.2, 0.25) is 0 Å². The summed E-state index contributed by atoms with van der Waals surface area (Å²) >= 11 is 0. The number of anilines is 1. The first-order valence-corrected chi connectivity index (χ1v) is 5.74. The highest BCUT2D eigenvalue weighted by molar-refractivity contribution is 6.02. The van der Waals surface area contributed by atoms with Gasteiger partial charge >= 0.3 is 0 Å². The fourth-order valence-corrected chi connectivity index (χ4v) is 2.36. The maximum atomic E-state index is 11.3. The number of carbonyl (C=O) groups is 1. The third-order valence-corrected chi connectivity index (χ3v) is 3.20. The maximum absolute atomic E-state index is 11.3. The minimum atomic E-state index is -0.425. The molecule has 5 N–H and O–H groups in total. The van der Waals surface area contributed by atoms with Crippen LogP contribution in [0.15, 0.2) is 35.9 Å². The van der Waals surface area contributed by atoms with Gasteiger partial charge in [0.25, 0.3) is 0 Å². The number of fused-ring (bicyclic) bond motifs is 3. The first-order valence-electron chi connectivity index (χ1n) is 5.74. The van der Waals surface area contributed by atoms with Gasteiger partial charge in [0, 0.05) is 27.9 Å². The average Bonchev–Trinajstić information content (AvgIpc) is 2.54. The number of hydrogen-bond acceptors (Lipinski definition) is 2. The largest absolute Gasteiger partial charge is 0.398 e. The molecule has 1 amide bonds. The zero-order chi connectivity index (χ0) is 12.7. The number of allylic oxidation sites excluding steroid dienone is 1. The molecular formula is C14H13N3O. The van der Waals surface area contributed by atoms with E-state index in [1.165, 1.54) is 0 Å². The van der Waals surface area contributed by atoms with Gasteiger partial charge in [-0.1, -0.05) is 18.2 Å². The predicted molar refractivity (Wildman–Crippen MR) is 72.7 cm³/mol. The van der Waals surface area contributed by atoms with Gasteiger partial charge in [0.05, 0.1) is 0 Å². The van der Waals surface area contributed by atoms with Crippen molar-refractivity contribution < 1.29 is 4.79 Å². The standard InChI is InChI=1S/C14H13N3O/c15-10-5-2-6-11-13(10)9-4-1-3-8(14(16)18)7-12(9)17-11/h1-3,5-7,17H,4,15H2,(H2,16,18). The summed E-state index contributed by atoms with van der Waals surface area (Å²) in [5.74, 6) is -0.425. The molecule has 0 aliphatic heterocycles. The lowest BCUT2D eigenvalue weighted by atomic mass is 10.1. The third kappa shape index (κ3) is 1.50. The Bertz CT molecular complexity index is 707. The Morgan fingerprint density at radius 3 is 2.94 bits per heavy atom. The molecule has 0 saturated carbocycles. The summed E-state index contributed by atoms with van der Waals surface area (Å²) in [4.78, 5) is 14.5. The molecule has 0 unspecified atom stereocenters. The molecule has 0 spiro atoms. The molecule has 0 bridgehead atoms. The number of nitrogens with two attached hydrogens (primary N) is 2. The van der Waals surface area contributed by atoms with Gasteiger partial charge in [0.15, 0.2) is 0 Å². The second-order valence-electron chi connectivity index (χ2n) is 4.36. The van der Waals surface area contributed by atoms with E-state index in [0.29, 0.717) is 5.57 Å². The molecule has 1 aliphatic rings. The summed E-state index contributed by atoms with van der Waals surface area (Å²) in [6.07, 6.45) is 6.20. The summed E-state index contributed by atoms with van der Waals surface area (Å²) in [5.41, 5.74) is 15.6. The van der Waals surface area contributed by atoms with Crippen LogP contribution in [0, 0.1) is 0 Å². The van der Waals surface area contributed by atoms with Gasteiger partial charge in [-0.25, -0.2) is 0 Å². The molecule has 0 radical (unpaired) electrons. The van der Waals surface area contributed by atoms with Crippen LogP contribution >= 0.6 is 0 Å². The zero-order valence-electron chi connectivity index (χ0n) is 9.73. The summed E-state index contributed by atoms with van der Waals surface area (Å²) in [6.45, 7) is 0. The first-order chi connectivity index (χ1) is 8.66.